The largest absolute Gasteiger partial charge is 0.433 e. The molecule has 0 aliphatic heterocycles. The van der Waals surface area contributed by atoms with Gasteiger partial charge in [-0.15, -0.1) is 11.3 Å². The molecule has 0 atom stereocenters. The number of amides is 1. The van der Waals surface area contributed by atoms with Crippen molar-refractivity contribution in [3.8, 4) is 0 Å². The summed E-state index contributed by atoms with van der Waals surface area (Å²) in [5, 5.41) is 4.23. The molecule has 0 aliphatic carbocycles. The fourth-order valence-electron chi connectivity index (χ4n) is 1.72. The number of thioether (sulfide) groups is 1. The van der Waals surface area contributed by atoms with E-state index in [1.807, 2.05) is 6.26 Å². The first-order valence-electron chi connectivity index (χ1n) is 6.49. The number of nitrogens with one attached hydrogen (secondary N) is 1. The minimum atomic E-state index is -4.51. The Kier molecular flexibility index (Phi) is 5.58. The standard InChI is InChI=1S/C13H13F3N4OS2/c1-7-5-9(13(14,15)16)20-10(18-7)3-4-17-11(21)8-6-23-12(19-8)22-2/h5-6H,3-4H2,1-2H3,(H,17,21). The van der Waals surface area contributed by atoms with Gasteiger partial charge in [-0.05, 0) is 19.2 Å². The smallest absolute Gasteiger partial charge is 0.350 e. The van der Waals surface area contributed by atoms with Crippen LogP contribution in [0.1, 0.15) is 27.7 Å². The Morgan fingerprint density at radius 2 is 2.09 bits per heavy atom. The third-order valence-electron chi connectivity index (χ3n) is 2.72. The van der Waals surface area contributed by atoms with Crippen LogP contribution in [0.5, 0.6) is 0 Å². The fourth-order valence-corrected chi connectivity index (χ4v) is 2.96. The van der Waals surface area contributed by atoms with Gasteiger partial charge < -0.3 is 5.32 Å². The molecule has 5 nitrogen and oxygen atoms in total. The maximum atomic E-state index is 12.7. The topological polar surface area (TPSA) is 67.8 Å². The molecule has 2 heterocycles. The van der Waals surface area contributed by atoms with Crippen molar-refractivity contribution in [3.63, 3.8) is 0 Å². The van der Waals surface area contributed by atoms with Gasteiger partial charge in [0.05, 0.1) is 0 Å². The van der Waals surface area contributed by atoms with Crippen LogP contribution in [0.2, 0.25) is 0 Å². The Morgan fingerprint density at radius 1 is 1.35 bits per heavy atom. The monoisotopic (exact) mass is 362 g/mol. The number of carbonyl (C=O) groups excluding carboxylic acids is 1. The normalized spacial score (nSPS) is 11.5. The first-order valence-corrected chi connectivity index (χ1v) is 8.59. The first-order chi connectivity index (χ1) is 10.8. The number of nitrogens with zero attached hydrogens (tertiary/aromatic N) is 3. The van der Waals surface area contributed by atoms with Crippen LogP contribution in [0.25, 0.3) is 0 Å². The molecule has 0 unspecified atom stereocenters. The molecule has 0 saturated carbocycles. The highest BCUT2D eigenvalue weighted by molar-refractivity contribution is 8.00. The summed E-state index contributed by atoms with van der Waals surface area (Å²) >= 11 is 2.79. The first kappa shape index (κ1) is 17.7. The molecular weight excluding hydrogens is 349 g/mol. The van der Waals surface area contributed by atoms with Gasteiger partial charge in [0, 0.05) is 24.0 Å². The summed E-state index contributed by atoms with van der Waals surface area (Å²) in [6.07, 6.45) is -2.55. The molecule has 0 radical (unpaired) electrons. The van der Waals surface area contributed by atoms with E-state index >= 15 is 0 Å². The number of alkyl halides is 3. The Balaban J connectivity index is 1.96. The van der Waals surface area contributed by atoms with Crippen molar-refractivity contribution in [1.29, 1.82) is 0 Å². The van der Waals surface area contributed by atoms with Crippen LogP contribution in [0.15, 0.2) is 15.8 Å². The highest BCUT2D eigenvalue weighted by Gasteiger charge is 2.33. The molecular formula is C13H13F3N4OS2. The molecule has 124 valence electrons. The molecule has 0 aromatic carbocycles. The van der Waals surface area contributed by atoms with Crippen LogP contribution in [0.3, 0.4) is 0 Å². The van der Waals surface area contributed by atoms with Crippen LogP contribution in [0, 0.1) is 6.92 Å². The van der Waals surface area contributed by atoms with Crippen LogP contribution >= 0.6 is 23.1 Å². The lowest BCUT2D eigenvalue weighted by atomic mass is 10.3. The highest BCUT2D eigenvalue weighted by atomic mass is 32.2. The van der Waals surface area contributed by atoms with Crippen molar-refractivity contribution >= 4 is 29.0 Å². The summed E-state index contributed by atoms with van der Waals surface area (Å²) in [6, 6.07) is 0.890. The highest BCUT2D eigenvalue weighted by Crippen LogP contribution is 2.27. The molecule has 2 rings (SSSR count). The van der Waals surface area contributed by atoms with Crippen molar-refractivity contribution in [2.75, 3.05) is 12.8 Å². The van der Waals surface area contributed by atoms with Gasteiger partial charge in [-0.25, -0.2) is 15.0 Å². The van der Waals surface area contributed by atoms with Gasteiger partial charge in [0.1, 0.15) is 21.6 Å². The molecule has 23 heavy (non-hydrogen) atoms. The Labute approximate surface area is 138 Å². The van der Waals surface area contributed by atoms with E-state index in [0.717, 1.165) is 10.4 Å². The average Bonchev–Trinajstić information content (AvgIpc) is 2.94. The molecule has 0 spiro atoms. The van der Waals surface area contributed by atoms with Gasteiger partial charge in [-0.1, -0.05) is 11.8 Å². The summed E-state index contributed by atoms with van der Waals surface area (Å²) in [6.45, 7) is 1.60. The molecule has 2 aromatic rings. The van der Waals surface area contributed by atoms with E-state index in [2.05, 4.69) is 20.3 Å². The van der Waals surface area contributed by atoms with Crippen molar-refractivity contribution < 1.29 is 18.0 Å². The van der Waals surface area contributed by atoms with Crippen LogP contribution in [-0.4, -0.2) is 33.7 Å². The molecule has 0 bridgehead atoms. The van der Waals surface area contributed by atoms with E-state index in [9.17, 15) is 18.0 Å². The van der Waals surface area contributed by atoms with Crippen LogP contribution in [0.4, 0.5) is 13.2 Å². The lowest BCUT2D eigenvalue weighted by molar-refractivity contribution is -0.141. The lowest BCUT2D eigenvalue weighted by Gasteiger charge is -2.09. The predicted octanol–water partition coefficient (Wildman–Crippen LogP) is 2.95. The molecule has 0 aliphatic rings. The number of carbonyl (C=O) groups is 1. The van der Waals surface area contributed by atoms with Gasteiger partial charge in [0.25, 0.3) is 5.91 Å². The van der Waals surface area contributed by atoms with E-state index in [4.69, 9.17) is 0 Å². The summed E-state index contributed by atoms with van der Waals surface area (Å²) in [5.74, 6) is -0.328. The SMILES string of the molecule is CSc1nc(C(=O)NCCc2nc(C)cc(C(F)(F)F)n2)cs1. The Morgan fingerprint density at radius 3 is 2.70 bits per heavy atom. The van der Waals surface area contributed by atoms with E-state index < -0.39 is 11.9 Å². The maximum absolute atomic E-state index is 12.7. The molecule has 10 heteroatoms. The summed E-state index contributed by atoms with van der Waals surface area (Å²) in [5.41, 5.74) is -0.450. The van der Waals surface area contributed by atoms with Gasteiger partial charge in [-0.2, -0.15) is 13.2 Å². The van der Waals surface area contributed by atoms with E-state index in [1.54, 1.807) is 5.38 Å². The third kappa shape index (κ3) is 4.90. The summed E-state index contributed by atoms with van der Waals surface area (Å²) < 4.78 is 38.8. The third-order valence-corrected chi connectivity index (χ3v) is 4.58. The second-order valence-electron chi connectivity index (χ2n) is 4.52. The number of rotatable bonds is 5. The molecule has 1 N–H and O–H groups in total. The summed E-state index contributed by atoms with van der Waals surface area (Å²) in [4.78, 5) is 23.4. The predicted molar refractivity (Wildman–Crippen MR) is 81.7 cm³/mol. The van der Waals surface area contributed by atoms with Crippen molar-refractivity contribution in [2.24, 2.45) is 0 Å². The number of thiazole rings is 1. The number of halogens is 3. The minimum Gasteiger partial charge on any atom is -0.350 e. The zero-order chi connectivity index (χ0) is 17.0. The molecule has 0 fully saturated rings. The zero-order valence-electron chi connectivity index (χ0n) is 12.3. The van der Waals surface area contributed by atoms with E-state index in [0.29, 0.717) is 5.69 Å². The van der Waals surface area contributed by atoms with Gasteiger partial charge >= 0.3 is 6.18 Å². The minimum absolute atomic E-state index is 0.0423. The summed E-state index contributed by atoms with van der Waals surface area (Å²) in [7, 11) is 0. The van der Waals surface area contributed by atoms with Crippen LogP contribution < -0.4 is 5.32 Å². The van der Waals surface area contributed by atoms with Gasteiger partial charge in [-0.3, -0.25) is 4.79 Å². The lowest BCUT2D eigenvalue weighted by Crippen LogP contribution is -2.26. The van der Waals surface area contributed by atoms with E-state index in [-0.39, 0.29) is 30.4 Å². The second kappa shape index (κ2) is 7.26. The van der Waals surface area contributed by atoms with Gasteiger partial charge in [0.15, 0.2) is 0 Å². The quantitative estimate of drug-likeness (QED) is 0.829. The number of aromatic nitrogens is 3. The maximum Gasteiger partial charge on any atom is 0.433 e. The number of hydrogen-bond donors (Lipinski definition) is 1. The van der Waals surface area contributed by atoms with Crippen molar-refractivity contribution in [3.05, 3.63) is 34.4 Å². The Bertz CT molecular complexity index is 703. The van der Waals surface area contributed by atoms with Crippen molar-refractivity contribution in [1.82, 2.24) is 20.3 Å². The molecule has 1 amide bonds. The number of aryl methyl sites for hydroxylation is 1. The Hall–Kier alpha value is -1.68. The van der Waals surface area contributed by atoms with Crippen LogP contribution in [-0.2, 0) is 12.6 Å². The average molecular weight is 362 g/mol. The second-order valence-corrected chi connectivity index (χ2v) is 6.43. The number of hydrogen-bond acceptors (Lipinski definition) is 6. The van der Waals surface area contributed by atoms with Gasteiger partial charge in [0.2, 0.25) is 0 Å². The fraction of sp³-hybridized carbons (Fsp3) is 0.385. The molecule has 0 saturated heterocycles. The van der Waals surface area contributed by atoms with Crippen molar-refractivity contribution in [2.45, 2.75) is 23.9 Å². The molecule has 2 aromatic heterocycles. The van der Waals surface area contributed by atoms with E-state index in [1.165, 1.54) is 30.0 Å². The zero-order valence-corrected chi connectivity index (χ0v) is 13.9.